The van der Waals surface area contributed by atoms with E-state index in [1.54, 1.807) is 6.07 Å². The maximum absolute atomic E-state index is 12.8. The Bertz CT molecular complexity index is 1070. The minimum Gasteiger partial charge on any atom is -0.321 e. The summed E-state index contributed by atoms with van der Waals surface area (Å²) in [6.45, 7) is 6.27. The minimum atomic E-state index is -0.255. The quantitative estimate of drug-likeness (QED) is 0.728. The highest BCUT2D eigenvalue weighted by Crippen LogP contribution is 2.41. The van der Waals surface area contributed by atoms with Gasteiger partial charge in [0.25, 0.3) is 11.5 Å². The van der Waals surface area contributed by atoms with Crippen molar-refractivity contribution in [1.82, 2.24) is 20.0 Å². The van der Waals surface area contributed by atoms with Crippen LogP contribution >= 0.6 is 0 Å². The van der Waals surface area contributed by atoms with E-state index in [2.05, 4.69) is 41.4 Å². The van der Waals surface area contributed by atoms with Crippen molar-refractivity contribution in [1.29, 1.82) is 0 Å². The number of H-pyrrole nitrogens is 1. The van der Waals surface area contributed by atoms with E-state index in [9.17, 15) is 9.59 Å². The Morgan fingerprint density at radius 1 is 1.18 bits per heavy atom. The first kappa shape index (κ1) is 18.2. The van der Waals surface area contributed by atoms with Crippen LogP contribution in [-0.2, 0) is 5.54 Å². The van der Waals surface area contributed by atoms with Gasteiger partial charge < -0.3 is 5.32 Å². The zero-order valence-corrected chi connectivity index (χ0v) is 16.2. The molecule has 1 fully saturated rings. The second kappa shape index (κ2) is 6.74. The fourth-order valence-electron chi connectivity index (χ4n) is 3.17. The fourth-order valence-corrected chi connectivity index (χ4v) is 3.17. The van der Waals surface area contributed by atoms with Crippen LogP contribution in [0.4, 0.5) is 5.69 Å². The number of rotatable bonds is 4. The molecule has 0 saturated heterocycles. The lowest BCUT2D eigenvalue weighted by molar-refractivity contribution is 0.102. The van der Waals surface area contributed by atoms with E-state index in [-0.39, 0.29) is 17.0 Å². The van der Waals surface area contributed by atoms with Gasteiger partial charge in [0.1, 0.15) is 0 Å². The van der Waals surface area contributed by atoms with Crippen LogP contribution in [0.1, 0.15) is 55.7 Å². The van der Waals surface area contributed by atoms with Gasteiger partial charge in [-0.2, -0.15) is 10.2 Å². The van der Waals surface area contributed by atoms with Gasteiger partial charge in [-0.3, -0.25) is 14.3 Å². The SMILES string of the molecule is CC(C)(C)n1nc(C(=O)Nc2cccc(-c3ccc(=O)[nH]n3)c2)cc1C1CC1. The van der Waals surface area contributed by atoms with Crippen LogP contribution < -0.4 is 10.9 Å². The van der Waals surface area contributed by atoms with Gasteiger partial charge in [-0.1, -0.05) is 12.1 Å². The summed E-state index contributed by atoms with van der Waals surface area (Å²) in [5.74, 6) is 0.263. The third-order valence-corrected chi connectivity index (χ3v) is 4.70. The molecule has 28 heavy (non-hydrogen) atoms. The fraction of sp³-hybridized carbons (Fsp3) is 0.333. The molecule has 1 aliphatic carbocycles. The molecule has 1 aromatic carbocycles. The van der Waals surface area contributed by atoms with Gasteiger partial charge >= 0.3 is 0 Å². The Balaban J connectivity index is 1.58. The molecule has 4 rings (SSSR count). The number of hydrogen-bond acceptors (Lipinski definition) is 4. The topological polar surface area (TPSA) is 92.7 Å². The van der Waals surface area contributed by atoms with Crippen molar-refractivity contribution in [2.45, 2.75) is 45.1 Å². The van der Waals surface area contributed by atoms with Crippen molar-refractivity contribution in [3.8, 4) is 11.3 Å². The third-order valence-electron chi connectivity index (χ3n) is 4.70. The predicted molar refractivity (Wildman–Crippen MR) is 107 cm³/mol. The molecule has 1 saturated carbocycles. The summed E-state index contributed by atoms with van der Waals surface area (Å²) in [5.41, 5.74) is 3.19. The van der Waals surface area contributed by atoms with Crippen molar-refractivity contribution >= 4 is 11.6 Å². The molecule has 2 heterocycles. The molecule has 3 aromatic rings. The molecule has 0 aliphatic heterocycles. The molecule has 0 radical (unpaired) electrons. The van der Waals surface area contributed by atoms with Gasteiger partial charge in [-0.15, -0.1) is 0 Å². The molecule has 7 nitrogen and oxygen atoms in total. The Hall–Kier alpha value is -3.22. The van der Waals surface area contributed by atoms with Gasteiger partial charge in [0.05, 0.1) is 11.2 Å². The number of aromatic amines is 1. The molecule has 7 heteroatoms. The molecular weight excluding hydrogens is 354 g/mol. The summed E-state index contributed by atoms with van der Waals surface area (Å²) in [6, 6.07) is 12.3. The van der Waals surface area contributed by atoms with Crippen molar-refractivity contribution in [2.75, 3.05) is 5.32 Å². The molecule has 2 N–H and O–H groups in total. The Kier molecular flexibility index (Phi) is 4.37. The smallest absolute Gasteiger partial charge is 0.276 e. The number of nitrogens with one attached hydrogen (secondary N) is 2. The van der Waals surface area contributed by atoms with Crippen molar-refractivity contribution in [3.63, 3.8) is 0 Å². The number of benzene rings is 1. The second-order valence-corrected chi connectivity index (χ2v) is 8.15. The summed E-state index contributed by atoms with van der Waals surface area (Å²) in [4.78, 5) is 24.0. The van der Waals surface area contributed by atoms with E-state index >= 15 is 0 Å². The Labute approximate surface area is 162 Å². The predicted octanol–water partition coefficient (Wildman–Crippen LogP) is 3.52. The first-order valence-electron chi connectivity index (χ1n) is 9.39. The number of hydrogen-bond donors (Lipinski definition) is 2. The van der Waals surface area contributed by atoms with Gasteiger partial charge in [0.2, 0.25) is 0 Å². The summed E-state index contributed by atoms with van der Waals surface area (Å²) >= 11 is 0. The van der Waals surface area contributed by atoms with Crippen LogP contribution in [0.15, 0.2) is 47.3 Å². The van der Waals surface area contributed by atoms with Gasteiger partial charge in [0.15, 0.2) is 5.69 Å². The number of nitrogens with zero attached hydrogens (tertiary/aromatic N) is 3. The highest BCUT2D eigenvalue weighted by atomic mass is 16.2. The molecule has 0 bridgehead atoms. The lowest BCUT2D eigenvalue weighted by Crippen LogP contribution is -2.25. The first-order valence-corrected chi connectivity index (χ1v) is 9.39. The maximum atomic E-state index is 12.8. The monoisotopic (exact) mass is 377 g/mol. The van der Waals surface area contributed by atoms with E-state index in [1.807, 2.05) is 35.0 Å². The normalized spacial score (nSPS) is 14.1. The summed E-state index contributed by atoms with van der Waals surface area (Å²) < 4.78 is 1.97. The first-order chi connectivity index (χ1) is 13.3. The average Bonchev–Trinajstić information content (AvgIpc) is 3.39. The van der Waals surface area contributed by atoms with E-state index < -0.39 is 0 Å². The summed E-state index contributed by atoms with van der Waals surface area (Å²) in [7, 11) is 0. The van der Waals surface area contributed by atoms with Crippen LogP contribution in [0.2, 0.25) is 0 Å². The van der Waals surface area contributed by atoms with Crippen LogP contribution in [-0.4, -0.2) is 25.9 Å². The van der Waals surface area contributed by atoms with E-state index in [0.29, 0.717) is 23.0 Å². The number of amides is 1. The number of carbonyl (C=O) groups is 1. The van der Waals surface area contributed by atoms with Crippen LogP contribution in [0.3, 0.4) is 0 Å². The number of anilines is 1. The van der Waals surface area contributed by atoms with Gasteiger partial charge in [-0.25, -0.2) is 5.10 Å². The Morgan fingerprint density at radius 3 is 2.61 bits per heavy atom. The largest absolute Gasteiger partial charge is 0.321 e. The molecule has 0 unspecified atom stereocenters. The number of carbonyl (C=O) groups excluding carboxylic acids is 1. The highest BCUT2D eigenvalue weighted by molar-refractivity contribution is 6.03. The molecular formula is C21H23N5O2. The van der Waals surface area contributed by atoms with Crippen molar-refractivity contribution in [3.05, 3.63) is 64.2 Å². The number of aromatic nitrogens is 4. The second-order valence-electron chi connectivity index (χ2n) is 8.15. The molecule has 1 amide bonds. The molecule has 144 valence electrons. The molecule has 0 atom stereocenters. The van der Waals surface area contributed by atoms with Crippen LogP contribution in [0.25, 0.3) is 11.3 Å². The zero-order valence-electron chi connectivity index (χ0n) is 16.2. The summed E-state index contributed by atoms with van der Waals surface area (Å²) in [5, 5.41) is 13.9. The molecule has 1 aliphatic rings. The molecule has 0 spiro atoms. The van der Waals surface area contributed by atoms with Crippen LogP contribution in [0.5, 0.6) is 0 Å². The molecule has 2 aromatic heterocycles. The van der Waals surface area contributed by atoms with Crippen molar-refractivity contribution < 1.29 is 4.79 Å². The minimum absolute atomic E-state index is 0.174. The lowest BCUT2D eigenvalue weighted by Gasteiger charge is -2.22. The Morgan fingerprint density at radius 2 is 1.96 bits per heavy atom. The third kappa shape index (κ3) is 3.74. The standard InChI is InChI=1S/C21H23N5O2/c1-21(2,3)26-18(13-7-8-13)12-17(25-26)20(28)22-15-6-4-5-14(11-15)16-9-10-19(27)24-23-16/h4-6,9-13H,7-8H2,1-3H3,(H,22,28)(H,24,27). The zero-order chi connectivity index (χ0) is 19.9. The van der Waals surface area contributed by atoms with Crippen LogP contribution in [0, 0.1) is 0 Å². The lowest BCUT2D eigenvalue weighted by atomic mass is 10.1. The maximum Gasteiger partial charge on any atom is 0.276 e. The van der Waals surface area contributed by atoms with E-state index in [0.717, 1.165) is 24.1 Å². The summed E-state index contributed by atoms with van der Waals surface area (Å²) in [6.07, 6.45) is 2.30. The van der Waals surface area contributed by atoms with E-state index in [4.69, 9.17) is 0 Å². The van der Waals surface area contributed by atoms with Gasteiger partial charge in [-0.05, 0) is 57.9 Å². The average molecular weight is 377 g/mol. The van der Waals surface area contributed by atoms with E-state index in [1.165, 1.54) is 6.07 Å². The van der Waals surface area contributed by atoms with Crippen molar-refractivity contribution in [2.24, 2.45) is 0 Å². The van der Waals surface area contributed by atoms with Gasteiger partial charge in [0, 0.05) is 28.9 Å². The highest BCUT2D eigenvalue weighted by Gasteiger charge is 2.32.